The predicted molar refractivity (Wildman–Crippen MR) is 78.5 cm³/mol. The second-order valence-corrected chi connectivity index (χ2v) is 5.90. The minimum atomic E-state index is 0.0766. The number of rotatable bonds is 3. The van der Waals surface area contributed by atoms with Gasteiger partial charge in [-0.3, -0.25) is 4.79 Å². The second-order valence-electron chi connectivity index (χ2n) is 5.08. The monoisotopic (exact) mass is 300 g/mol. The second kappa shape index (κ2) is 6.12. The van der Waals surface area contributed by atoms with Gasteiger partial charge in [-0.25, -0.2) is 0 Å². The van der Waals surface area contributed by atoms with E-state index in [1.165, 1.54) is 0 Å². The number of benzene rings is 1. The first-order valence-corrected chi connectivity index (χ1v) is 7.17. The zero-order valence-electron chi connectivity index (χ0n) is 11.1. The van der Waals surface area contributed by atoms with E-state index in [9.17, 15) is 4.79 Å². The van der Waals surface area contributed by atoms with Crippen molar-refractivity contribution in [2.24, 2.45) is 5.92 Å². The molecule has 2 atom stereocenters. The molecular formula is C14H18Cl2N2O. The van der Waals surface area contributed by atoms with Gasteiger partial charge in [0.25, 0.3) is 0 Å². The Kier molecular flexibility index (Phi) is 4.71. The highest BCUT2D eigenvalue weighted by Gasteiger charge is 2.31. The summed E-state index contributed by atoms with van der Waals surface area (Å²) in [7, 11) is 1.83. The average molecular weight is 301 g/mol. The third kappa shape index (κ3) is 3.41. The Hall–Kier alpha value is -0.770. The third-order valence-corrected chi connectivity index (χ3v) is 4.36. The minimum Gasteiger partial charge on any atom is -0.341 e. The predicted octanol–water partition coefficient (Wildman–Crippen LogP) is 2.95. The van der Waals surface area contributed by atoms with E-state index in [1.807, 2.05) is 19.2 Å². The van der Waals surface area contributed by atoms with Crippen molar-refractivity contribution in [2.45, 2.75) is 25.9 Å². The molecule has 1 aromatic carbocycles. The summed E-state index contributed by atoms with van der Waals surface area (Å²) in [5.41, 5.74) is 0.990. The van der Waals surface area contributed by atoms with Gasteiger partial charge in [-0.2, -0.15) is 0 Å². The molecule has 104 valence electrons. The molecule has 5 heteroatoms. The topological polar surface area (TPSA) is 32.3 Å². The standard InChI is InChI=1S/C14H18Cl2N2O/c1-9-11(5-6-17-9)14(19)18(2)8-10-3-4-12(15)13(16)7-10/h3-4,7,9,11,17H,5-6,8H2,1-2H3. The molecule has 2 rings (SSSR count). The molecule has 0 saturated carbocycles. The van der Waals surface area contributed by atoms with Crippen LogP contribution in [0.1, 0.15) is 18.9 Å². The molecule has 1 heterocycles. The van der Waals surface area contributed by atoms with Gasteiger partial charge in [-0.1, -0.05) is 29.3 Å². The molecular weight excluding hydrogens is 283 g/mol. The smallest absolute Gasteiger partial charge is 0.227 e. The van der Waals surface area contributed by atoms with E-state index in [0.29, 0.717) is 16.6 Å². The van der Waals surface area contributed by atoms with E-state index in [-0.39, 0.29) is 17.9 Å². The van der Waals surface area contributed by atoms with Crippen LogP contribution in [0.3, 0.4) is 0 Å². The zero-order valence-corrected chi connectivity index (χ0v) is 12.6. The summed E-state index contributed by atoms with van der Waals surface area (Å²) in [5, 5.41) is 4.36. The van der Waals surface area contributed by atoms with Gasteiger partial charge >= 0.3 is 0 Å². The largest absolute Gasteiger partial charge is 0.341 e. The summed E-state index contributed by atoms with van der Waals surface area (Å²) in [6, 6.07) is 5.72. The normalized spacial score (nSPS) is 22.5. The first-order chi connectivity index (χ1) is 8.99. The van der Waals surface area contributed by atoms with E-state index in [4.69, 9.17) is 23.2 Å². The summed E-state index contributed by atoms with van der Waals surface area (Å²) in [6.45, 7) is 3.53. The van der Waals surface area contributed by atoms with Crippen LogP contribution in [0.25, 0.3) is 0 Å². The molecule has 0 radical (unpaired) electrons. The maximum Gasteiger partial charge on any atom is 0.227 e. The maximum atomic E-state index is 12.3. The average Bonchev–Trinajstić information content (AvgIpc) is 2.79. The number of carbonyl (C=O) groups excluding carboxylic acids is 1. The van der Waals surface area contributed by atoms with Crippen molar-refractivity contribution in [2.75, 3.05) is 13.6 Å². The molecule has 1 aromatic rings. The summed E-state index contributed by atoms with van der Waals surface area (Å²) in [4.78, 5) is 14.1. The highest BCUT2D eigenvalue weighted by atomic mass is 35.5. The van der Waals surface area contributed by atoms with Gasteiger partial charge in [0.1, 0.15) is 0 Å². The van der Waals surface area contributed by atoms with Gasteiger partial charge in [-0.15, -0.1) is 0 Å². The summed E-state index contributed by atoms with van der Waals surface area (Å²) >= 11 is 11.9. The molecule has 19 heavy (non-hydrogen) atoms. The van der Waals surface area contributed by atoms with Crippen molar-refractivity contribution in [3.63, 3.8) is 0 Å². The van der Waals surface area contributed by atoms with Crippen LogP contribution < -0.4 is 5.32 Å². The van der Waals surface area contributed by atoms with Crippen LogP contribution in [0.5, 0.6) is 0 Å². The lowest BCUT2D eigenvalue weighted by Crippen LogP contribution is -2.37. The quantitative estimate of drug-likeness (QED) is 0.931. The Labute approximate surface area is 123 Å². The van der Waals surface area contributed by atoms with Gasteiger partial charge in [0.15, 0.2) is 0 Å². The Morgan fingerprint density at radius 3 is 2.74 bits per heavy atom. The van der Waals surface area contributed by atoms with E-state index >= 15 is 0 Å². The van der Waals surface area contributed by atoms with E-state index in [1.54, 1.807) is 11.0 Å². The molecule has 1 aliphatic rings. The van der Waals surface area contributed by atoms with Crippen molar-refractivity contribution in [1.29, 1.82) is 0 Å². The summed E-state index contributed by atoms with van der Waals surface area (Å²) in [6.07, 6.45) is 0.908. The minimum absolute atomic E-state index is 0.0766. The fourth-order valence-electron chi connectivity index (χ4n) is 2.47. The molecule has 0 aliphatic carbocycles. The number of nitrogens with one attached hydrogen (secondary N) is 1. The van der Waals surface area contributed by atoms with Crippen molar-refractivity contribution < 1.29 is 4.79 Å². The Morgan fingerprint density at radius 2 is 2.16 bits per heavy atom. The fourth-order valence-corrected chi connectivity index (χ4v) is 2.79. The number of nitrogens with zero attached hydrogens (tertiary/aromatic N) is 1. The molecule has 1 N–H and O–H groups in total. The summed E-state index contributed by atoms with van der Waals surface area (Å²) < 4.78 is 0. The maximum absolute atomic E-state index is 12.3. The Morgan fingerprint density at radius 1 is 1.42 bits per heavy atom. The van der Waals surface area contributed by atoms with E-state index < -0.39 is 0 Å². The molecule has 0 spiro atoms. The Balaban J connectivity index is 2.01. The molecule has 0 bridgehead atoms. The molecule has 0 aromatic heterocycles. The van der Waals surface area contributed by atoms with Gasteiger partial charge in [0.2, 0.25) is 5.91 Å². The molecule has 1 aliphatic heterocycles. The van der Waals surface area contributed by atoms with Crippen LogP contribution in [0.2, 0.25) is 10.0 Å². The van der Waals surface area contributed by atoms with Gasteiger partial charge in [0.05, 0.1) is 16.0 Å². The molecule has 1 fully saturated rings. The van der Waals surface area contributed by atoms with Crippen molar-refractivity contribution in [1.82, 2.24) is 10.2 Å². The lowest BCUT2D eigenvalue weighted by molar-refractivity contribution is -0.134. The first kappa shape index (κ1) is 14.6. The number of halogens is 2. The van der Waals surface area contributed by atoms with Crippen LogP contribution in [0.4, 0.5) is 0 Å². The van der Waals surface area contributed by atoms with Crippen LogP contribution in [-0.4, -0.2) is 30.4 Å². The number of hydrogen-bond donors (Lipinski definition) is 1. The van der Waals surface area contributed by atoms with Crippen LogP contribution >= 0.6 is 23.2 Å². The van der Waals surface area contributed by atoms with Crippen LogP contribution in [-0.2, 0) is 11.3 Å². The van der Waals surface area contributed by atoms with Gasteiger partial charge < -0.3 is 10.2 Å². The van der Waals surface area contributed by atoms with Crippen LogP contribution in [0.15, 0.2) is 18.2 Å². The lowest BCUT2D eigenvalue weighted by atomic mass is 10.0. The zero-order chi connectivity index (χ0) is 14.0. The highest BCUT2D eigenvalue weighted by Crippen LogP contribution is 2.24. The first-order valence-electron chi connectivity index (χ1n) is 6.41. The lowest BCUT2D eigenvalue weighted by Gasteiger charge is -2.23. The number of amides is 1. The summed E-state index contributed by atoms with van der Waals surface area (Å²) in [5.74, 6) is 0.261. The molecule has 1 amide bonds. The SMILES string of the molecule is CC1NCCC1C(=O)N(C)Cc1ccc(Cl)c(Cl)c1. The van der Waals surface area contributed by atoms with Crippen molar-refractivity contribution in [3.8, 4) is 0 Å². The highest BCUT2D eigenvalue weighted by molar-refractivity contribution is 6.42. The van der Waals surface area contributed by atoms with E-state index in [2.05, 4.69) is 12.2 Å². The van der Waals surface area contributed by atoms with E-state index in [0.717, 1.165) is 18.5 Å². The fraction of sp³-hybridized carbons (Fsp3) is 0.500. The van der Waals surface area contributed by atoms with Crippen LogP contribution in [0, 0.1) is 5.92 Å². The molecule has 2 unspecified atom stereocenters. The van der Waals surface area contributed by atoms with Crippen molar-refractivity contribution >= 4 is 29.1 Å². The van der Waals surface area contributed by atoms with Crippen molar-refractivity contribution in [3.05, 3.63) is 33.8 Å². The van der Waals surface area contributed by atoms with Gasteiger partial charge in [0, 0.05) is 19.6 Å². The molecule has 3 nitrogen and oxygen atoms in total. The van der Waals surface area contributed by atoms with Gasteiger partial charge in [-0.05, 0) is 37.6 Å². The Bertz CT molecular complexity index is 479. The molecule has 1 saturated heterocycles. The third-order valence-electron chi connectivity index (χ3n) is 3.62. The number of hydrogen-bond acceptors (Lipinski definition) is 2. The number of carbonyl (C=O) groups is 1.